The first kappa shape index (κ1) is 17.9. The Bertz CT molecular complexity index is 747. The Morgan fingerprint density at radius 2 is 2.08 bits per heavy atom. The Kier molecular flexibility index (Phi) is 5.42. The quantitative estimate of drug-likeness (QED) is 0.873. The summed E-state index contributed by atoms with van der Waals surface area (Å²) in [6.07, 6.45) is 0.909. The summed E-state index contributed by atoms with van der Waals surface area (Å²) in [5.74, 6) is 1.07. The minimum absolute atomic E-state index is 0.0467. The van der Waals surface area contributed by atoms with Crippen LogP contribution in [-0.4, -0.2) is 29.7 Å². The van der Waals surface area contributed by atoms with E-state index in [-0.39, 0.29) is 12.0 Å². The number of nitrogens with zero attached hydrogens (tertiary/aromatic N) is 3. The summed E-state index contributed by atoms with van der Waals surface area (Å²) in [5, 5.41) is 0.717. The zero-order valence-corrected chi connectivity index (χ0v) is 15.4. The molecular weight excluding hydrogens is 338 g/mol. The van der Waals surface area contributed by atoms with Crippen molar-refractivity contribution in [1.29, 1.82) is 0 Å². The number of hydrogen-bond acceptors (Lipinski definition) is 6. The van der Waals surface area contributed by atoms with Crippen molar-refractivity contribution in [1.82, 2.24) is 9.97 Å². The van der Waals surface area contributed by atoms with Crippen LogP contribution in [0.2, 0.25) is 5.02 Å². The topological polar surface area (TPSA) is 90.3 Å². The number of ether oxygens (including phenoxy) is 1. The first-order valence-corrected chi connectivity index (χ1v) is 8.82. The van der Waals surface area contributed by atoms with Gasteiger partial charge in [0.25, 0.3) is 0 Å². The summed E-state index contributed by atoms with van der Waals surface area (Å²) in [5.41, 5.74) is 15.8. The molecule has 1 saturated heterocycles. The van der Waals surface area contributed by atoms with Gasteiger partial charge in [0.2, 0.25) is 5.95 Å². The fraction of sp³-hybridized carbons (Fsp3) is 0.444. The summed E-state index contributed by atoms with van der Waals surface area (Å²) in [6, 6.07) is 5.96. The maximum atomic E-state index is 6.58. The third-order valence-electron chi connectivity index (χ3n) is 4.53. The van der Waals surface area contributed by atoms with Crippen molar-refractivity contribution in [3.8, 4) is 0 Å². The maximum Gasteiger partial charge on any atom is 0.222 e. The Hall–Kier alpha value is -1.89. The van der Waals surface area contributed by atoms with Crippen LogP contribution in [0.1, 0.15) is 34.8 Å². The van der Waals surface area contributed by atoms with Crippen molar-refractivity contribution < 1.29 is 4.74 Å². The van der Waals surface area contributed by atoms with Gasteiger partial charge < -0.3 is 21.1 Å². The number of aryl methyl sites for hydroxylation is 2. The SMILES string of the molecule is Cc1cc(N2CCCOC[C@H]2c2cc(CN)c(C)cc2Cl)nc(N)n1. The first-order chi connectivity index (χ1) is 12.0. The van der Waals surface area contributed by atoms with E-state index in [9.17, 15) is 0 Å². The van der Waals surface area contributed by atoms with E-state index < -0.39 is 0 Å². The van der Waals surface area contributed by atoms with E-state index in [1.165, 1.54) is 0 Å². The molecule has 0 aliphatic carbocycles. The standard InChI is InChI=1S/C18H24ClN5O/c1-11-6-15(19)14(8-13(11)9-20)16-10-25-5-3-4-24(16)17-7-12(2)22-18(21)23-17/h6-8,16H,3-5,9-10,20H2,1-2H3,(H2,21,22,23)/t16-/m0/s1. The van der Waals surface area contributed by atoms with Gasteiger partial charge in [-0.1, -0.05) is 17.7 Å². The molecule has 134 valence electrons. The first-order valence-electron chi connectivity index (χ1n) is 8.44. The highest BCUT2D eigenvalue weighted by Crippen LogP contribution is 2.34. The zero-order valence-electron chi connectivity index (χ0n) is 14.6. The predicted octanol–water partition coefficient (Wildman–Crippen LogP) is 2.76. The number of nitrogen functional groups attached to an aromatic ring is 1. The number of aromatic nitrogens is 2. The van der Waals surface area contributed by atoms with E-state index in [1.54, 1.807) is 0 Å². The van der Waals surface area contributed by atoms with Crippen LogP contribution in [0.4, 0.5) is 11.8 Å². The lowest BCUT2D eigenvalue weighted by Gasteiger charge is -2.32. The maximum absolute atomic E-state index is 6.58. The zero-order chi connectivity index (χ0) is 18.0. The summed E-state index contributed by atoms with van der Waals surface area (Å²) in [6.45, 7) is 6.46. The average Bonchev–Trinajstić information content (AvgIpc) is 2.80. The van der Waals surface area contributed by atoms with Crippen LogP contribution < -0.4 is 16.4 Å². The summed E-state index contributed by atoms with van der Waals surface area (Å²) >= 11 is 6.58. The molecule has 1 aromatic heterocycles. The third-order valence-corrected chi connectivity index (χ3v) is 4.85. The van der Waals surface area contributed by atoms with Gasteiger partial charge in [-0.2, -0.15) is 4.98 Å². The molecule has 0 radical (unpaired) electrons. The van der Waals surface area contributed by atoms with Crippen LogP contribution in [0, 0.1) is 13.8 Å². The fourth-order valence-corrected chi connectivity index (χ4v) is 3.59. The molecule has 3 rings (SSSR count). The van der Waals surface area contributed by atoms with Gasteiger partial charge in [0.1, 0.15) is 5.82 Å². The molecule has 4 N–H and O–H groups in total. The molecule has 0 unspecified atom stereocenters. The average molecular weight is 362 g/mol. The van der Waals surface area contributed by atoms with Crippen molar-refractivity contribution in [2.24, 2.45) is 5.73 Å². The number of nitrogens with two attached hydrogens (primary N) is 2. The Morgan fingerprint density at radius 1 is 1.28 bits per heavy atom. The van der Waals surface area contributed by atoms with Crippen LogP contribution >= 0.6 is 11.6 Å². The normalized spacial score (nSPS) is 18.2. The number of benzene rings is 1. The monoisotopic (exact) mass is 361 g/mol. The highest BCUT2D eigenvalue weighted by atomic mass is 35.5. The molecule has 1 fully saturated rings. The van der Waals surface area contributed by atoms with E-state index in [0.29, 0.717) is 24.8 Å². The predicted molar refractivity (Wildman–Crippen MR) is 101 cm³/mol. The van der Waals surface area contributed by atoms with Crippen LogP contribution in [0.5, 0.6) is 0 Å². The molecule has 1 aliphatic rings. The van der Waals surface area contributed by atoms with E-state index in [2.05, 4.69) is 20.9 Å². The smallest absolute Gasteiger partial charge is 0.222 e. The second kappa shape index (κ2) is 7.56. The van der Waals surface area contributed by atoms with Gasteiger partial charge in [-0.25, -0.2) is 4.98 Å². The van der Waals surface area contributed by atoms with Gasteiger partial charge in [0, 0.05) is 36.5 Å². The van der Waals surface area contributed by atoms with Crippen molar-refractivity contribution in [2.75, 3.05) is 30.4 Å². The molecule has 7 heteroatoms. The van der Waals surface area contributed by atoms with Gasteiger partial charge in [-0.15, -0.1) is 0 Å². The molecule has 25 heavy (non-hydrogen) atoms. The lowest BCUT2D eigenvalue weighted by molar-refractivity contribution is 0.134. The molecule has 6 nitrogen and oxygen atoms in total. The summed E-state index contributed by atoms with van der Waals surface area (Å²) < 4.78 is 5.83. The van der Waals surface area contributed by atoms with E-state index in [4.69, 9.17) is 27.8 Å². The second-order valence-electron chi connectivity index (χ2n) is 6.37. The molecule has 1 atom stereocenters. The van der Waals surface area contributed by atoms with Crippen LogP contribution in [0.25, 0.3) is 0 Å². The van der Waals surface area contributed by atoms with Crippen molar-refractivity contribution in [2.45, 2.75) is 32.9 Å². The van der Waals surface area contributed by atoms with Gasteiger partial charge in [0.05, 0.1) is 12.6 Å². The number of anilines is 2. The van der Waals surface area contributed by atoms with E-state index in [1.807, 2.05) is 26.0 Å². The molecule has 2 heterocycles. The lowest BCUT2D eigenvalue weighted by atomic mass is 9.99. The summed E-state index contributed by atoms with van der Waals surface area (Å²) in [4.78, 5) is 10.8. The molecular formula is C18H24ClN5O. The van der Waals surface area contributed by atoms with Gasteiger partial charge >= 0.3 is 0 Å². The lowest BCUT2D eigenvalue weighted by Crippen LogP contribution is -2.32. The molecule has 0 bridgehead atoms. The highest BCUT2D eigenvalue weighted by Gasteiger charge is 2.27. The second-order valence-corrected chi connectivity index (χ2v) is 6.77. The summed E-state index contributed by atoms with van der Waals surface area (Å²) in [7, 11) is 0. The van der Waals surface area contributed by atoms with Crippen molar-refractivity contribution in [3.05, 3.63) is 45.6 Å². The molecule has 0 saturated carbocycles. The Balaban J connectivity index is 2.07. The minimum atomic E-state index is -0.0467. The van der Waals surface area contributed by atoms with E-state index in [0.717, 1.165) is 41.2 Å². The molecule has 2 aromatic rings. The fourth-order valence-electron chi connectivity index (χ4n) is 3.24. The van der Waals surface area contributed by atoms with Crippen molar-refractivity contribution in [3.63, 3.8) is 0 Å². The number of rotatable bonds is 3. The molecule has 0 spiro atoms. The minimum Gasteiger partial charge on any atom is -0.379 e. The Labute approximate surface area is 153 Å². The van der Waals surface area contributed by atoms with Crippen LogP contribution in [0.3, 0.4) is 0 Å². The van der Waals surface area contributed by atoms with Crippen LogP contribution in [-0.2, 0) is 11.3 Å². The van der Waals surface area contributed by atoms with Crippen LogP contribution in [0.15, 0.2) is 18.2 Å². The molecule has 0 amide bonds. The largest absolute Gasteiger partial charge is 0.379 e. The molecule has 1 aromatic carbocycles. The van der Waals surface area contributed by atoms with Gasteiger partial charge in [-0.3, -0.25) is 0 Å². The van der Waals surface area contributed by atoms with Crippen molar-refractivity contribution >= 4 is 23.4 Å². The molecule has 1 aliphatic heterocycles. The Morgan fingerprint density at radius 3 is 2.80 bits per heavy atom. The number of hydrogen-bond donors (Lipinski definition) is 2. The van der Waals surface area contributed by atoms with Gasteiger partial charge in [0.15, 0.2) is 0 Å². The third kappa shape index (κ3) is 3.86. The highest BCUT2D eigenvalue weighted by molar-refractivity contribution is 6.31. The van der Waals surface area contributed by atoms with Gasteiger partial charge in [-0.05, 0) is 43.0 Å². The van der Waals surface area contributed by atoms with E-state index >= 15 is 0 Å². The number of halogens is 1.